The van der Waals surface area contributed by atoms with Crippen molar-refractivity contribution >= 4 is 16.9 Å². The van der Waals surface area contributed by atoms with Crippen molar-refractivity contribution in [1.29, 1.82) is 0 Å². The van der Waals surface area contributed by atoms with Crippen LogP contribution in [-0.4, -0.2) is 40.5 Å². The summed E-state index contributed by atoms with van der Waals surface area (Å²) in [5.41, 5.74) is 3.05. The van der Waals surface area contributed by atoms with Crippen LogP contribution >= 0.6 is 0 Å². The third kappa shape index (κ3) is 3.22. The summed E-state index contributed by atoms with van der Waals surface area (Å²) in [5, 5.41) is 0. The molecule has 0 unspecified atom stereocenters. The molecule has 1 amide bonds. The largest absolute Gasteiger partial charge is 0.494 e. The summed E-state index contributed by atoms with van der Waals surface area (Å²) >= 11 is 0. The molecule has 2 heterocycles. The molecule has 128 valence electrons. The van der Waals surface area contributed by atoms with Crippen LogP contribution in [-0.2, 0) is 11.2 Å². The van der Waals surface area contributed by atoms with Crippen LogP contribution in [0.4, 0.5) is 0 Å². The van der Waals surface area contributed by atoms with Crippen LogP contribution in [0.1, 0.15) is 24.2 Å². The van der Waals surface area contributed by atoms with Crippen LogP contribution in [0, 0.1) is 0 Å². The minimum Gasteiger partial charge on any atom is -0.494 e. The first-order valence-electron chi connectivity index (χ1n) is 8.67. The predicted octanol–water partition coefficient (Wildman–Crippen LogP) is 3.13. The molecular formula is C20H21N3O2. The molecule has 0 atom stereocenters. The highest BCUT2D eigenvalue weighted by molar-refractivity contribution is 5.80. The van der Waals surface area contributed by atoms with Crippen molar-refractivity contribution < 1.29 is 9.53 Å². The summed E-state index contributed by atoms with van der Waals surface area (Å²) in [5.74, 6) is 2.28. The average molecular weight is 335 g/mol. The SMILES string of the molecule is CCOc1ccc(CC(=O)N2CC(c3nc4ccccc4[nH]3)C2)cc1. The van der Waals surface area contributed by atoms with E-state index >= 15 is 0 Å². The fourth-order valence-electron chi connectivity index (χ4n) is 3.18. The third-order valence-electron chi connectivity index (χ3n) is 4.62. The van der Waals surface area contributed by atoms with Crippen molar-refractivity contribution in [1.82, 2.24) is 14.9 Å². The number of carbonyl (C=O) groups excluding carboxylic acids is 1. The van der Waals surface area contributed by atoms with Gasteiger partial charge >= 0.3 is 0 Å². The van der Waals surface area contributed by atoms with E-state index in [0.717, 1.165) is 41.3 Å². The van der Waals surface area contributed by atoms with Gasteiger partial charge in [0.2, 0.25) is 5.91 Å². The van der Waals surface area contributed by atoms with E-state index < -0.39 is 0 Å². The fourth-order valence-corrected chi connectivity index (χ4v) is 3.18. The minimum absolute atomic E-state index is 0.163. The Morgan fingerprint density at radius 2 is 1.96 bits per heavy atom. The lowest BCUT2D eigenvalue weighted by atomic mass is 9.98. The molecule has 25 heavy (non-hydrogen) atoms. The zero-order valence-corrected chi connectivity index (χ0v) is 14.2. The van der Waals surface area contributed by atoms with Crippen LogP contribution in [0.15, 0.2) is 48.5 Å². The van der Waals surface area contributed by atoms with Crippen molar-refractivity contribution in [2.75, 3.05) is 19.7 Å². The van der Waals surface area contributed by atoms with Gasteiger partial charge in [-0.3, -0.25) is 4.79 Å². The van der Waals surface area contributed by atoms with E-state index in [-0.39, 0.29) is 5.91 Å². The van der Waals surface area contributed by atoms with Crippen molar-refractivity contribution in [2.24, 2.45) is 0 Å². The maximum absolute atomic E-state index is 12.4. The normalized spacial score (nSPS) is 14.5. The molecule has 4 rings (SSSR count). The number of aromatic nitrogens is 2. The number of nitrogens with one attached hydrogen (secondary N) is 1. The molecular weight excluding hydrogens is 314 g/mol. The minimum atomic E-state index is 0.163. The van der Waals surface area contributed by atoms with E-state index in [0.29, 0.717) is 18.9 Å². The lowest BCUT2D eigenvalue weighted by Crippen LogP contribution is -2.49. The maximum Gasteiger partial charge on any atom is 0.227 e. The van der Waals surface area contributed by atoms with E-state index in [2.05, 4.69) is 9.97 Å². The second kappa shape index (κ2) is 6.59. The van der Waals surface area contributed by atoms with Gasteiger partial charge in [0.15, 0.2) is 0 Å². The molecule has 0 spiro atoms. The zero-order chi connectivity index (χ0) is 17.2. The molecule has 5 heteroatoms. The summed E-state index contributed by atoms with van der Waals surface area (Å²) in [6, 6.07) is 15.8. The molecule has 5 nitrogen and oxygen atoms in total. The second-order valence-corrected chi connectivity index (χ2v) is 6.39. The van der Waals surface area contributed by atoms with E-state index in [1.807, 2.05) is 60.4 Å². The summed E-state index contributed by atoms with van der Waals surface area (Å²) < 4.78 is 5.43. The number of amides is 1. The number of ether oxygens (including phenoxy) is 1. The lowest BCUT2D eigenvalue weighted by molar-refractivity contribution is -0.134. The average Bonchev–Trinajstić information content (AvgIpc) is 2.99. The maximum atomic E-state index is 12.4. The molecule has 1 aliphatic heterocycles. The molecule has 2 aromatic carbocycles. The van der Waals surface area contributed by atoms with E-state index in [1.165, 1.54) is 0 Å². The fraction of sp³-hybridized carbons (Fsp3) is 0.300. The summed E-state index contributed by atoms with van der Waals surface area (Å²) in [6.07, 6.45) is 0.430. The molecule has 1 saturated heterocycles. The Kier molecular flexibility index (Phi) is 4.14. The van der Waals surface area contributed by atoms with Crippen LogP contribution in [0.5, 0.6) is 5.75 Å². The van der Waals surface area contributed by atoms with E-state index in [9.17, 15) is 4.79 Å². The topological polar surface area (TPSA) is 58.2 Å². The molecule has 3 aromatic rings. The number of para-hydroxylation sites is 2. The number of H-pyrrole nitrogens is 1. The first-order chi connectivity index (χ1) is 12.2. The number of hydrogen-bond donors (Lipinski definition) is 1. The Bertz CT molecular complexity index is 846. The Morgan fingerprint density at radius 1 is 1.20 bits per heavy atom. The van der Waals surface area contributed by atoms with E-state index in [1.54, 1.807) is 0 Å². The first-order valence-corrected chi connectivity index (χ1v) is 8.67. The lowest BCUT2D eigenvalue weighted by Gasteiger charge is -2.38. The molecule has 0 saturated carbocycles. The number of benzene rings is 2. The monoisotopic (exact) mass is 335 g/mol. The van der Waals surface area contributed by atoms with Gasteiger partial charge in [-0.15, -0.1) is 0 Å². The van der Waals surface area contributed by atoms with Gasteiger partial charge in [0.25, 0.3) is 0 Å². The second-order valence-electron chi connectivity index (χ2n) is 6.39. The van der Waals surface area contributed by atoms with Crippen LogP contribution in [0.3, 0.4) is 0 Å². The molecule has 1 aromatic heterocycles. The van der Waals surface area contributed by atoms with Gasteiger partial charge in [0.1, 0.15) is 11.6 Å². The number of carbonyl (C=O) groups is 1. The Hall–Kier alpha value is -2.82. The first kappa shape index (κ1) is 15.7. The standard InChI is InChI=1S/C20H21N3O2/c1-2-25-16-9-7-14(8-10-16)11-19(24)23-12-15(13-23)20-21-17-5-3-4-6-18(17)22-20/h3-10,15H,2,11-13H2,1H3,(H,21,22). The molecule has 0 radical (unpaired) electrons. The van der Waals surface area contributed by atoms with Crippen molar-refractivity contribution in [3.05, 3.63) is 59.9 Å². The van der Waals surface area contributed by atoms with Gasteiger partial charge in [0, 0.05) is 13.1 Å². The van der Waals surface area contributed by atoms with E-state index in [4.69, 9.17) is 4.74 Å². The predicted molar refractivity (Wildman–Crippen MR) is 96.7 cm³/mol. The number of fused-ring (bicyclic) bond motifs is 1. The van der Waals surface area contributed by atoms with Crippen molar-refractivity contribution in [3.8, 4) is 5.75 Å². The number of rotatable bonds is 5. The molecule has 1 N–H and O–H groups in total. The summed E-state index contributed by atoms with van der Waals surface area (Å²) in [7, 11) is 0. The Labute approximate surface area is 146 Å². The molecule has 0 aliphatic carbocycles. The Balaban J connectivity index is 1.34. The van der Waals surface area contributed by atoms with Gasteiger partial charge in [-0.25, -0.2) is 4.98 Å². The van der Waals surface area contributed by atoms with Gasteiger partial charge in [-0.2, -0.15) is 0 Å². The van der Waals surface area contributed by atoms with Gasteiger partial charge in [0.05, 0.1) is 30.0 Å². The highest BCUT2D eigenvalue weighted by Gasteiger charge is 2.33. The zero-order valence-electron chi connectivity index (χ0n) is 14.2. The van der Waals surface area contributed by atoms with Crippen LogP contribution < -0.4 is 4.74 Å². The molecule has 1 aliphatic rings. The summed E-state index contributed by atoms with van der Waals surface area (Å²) in [6.45, 7) is 4.07. The highest BCUT2D eigenvalue weighted by atomic mass is 16.5. The number of nitrogens with zero attached hydrogens (tertiary/aromatic N) is 2. The summed E-state index contributed by atoms with van der Waals surface area (Å²) in [4.78, 5) is 22.3. The van der Waals surface area contributed by atoms with Gasteiger partial charge in [-0.1, -0.05) is 24.3 Å². The number of likely N-dealkylation sites (tertiary alicyclic amines) is 1. The number of aromatic amines is 1. The smallest absolute Gasteiger partial charge is 0.227 e. The Morgan fingerprint density at radius 3 is 2.68 bits per heavy atom. The van der Waals surface area contributed by atoms with Crippen molar-refractivity contribution in [3.63, 3.8) is 0 Å². The number of hydrogen-bond acceptors (Lipinski definition) is 3. The van der Waals surface area contributed by atoms with Crippen LogP contribution in [0.2, 0.25) is 0 Å². The quantitative estimate of drug-likeness (QED) is 0.779. The van der Waals surface area contributed by atoms with Gasteiger partial charge < -0.3 is 14.6 Å². The van der Waals surface area contributed by atoms with Gasteiger partial charge in [-0.05, 0) is 36.8 Å². The van der Waals surface area contributed by atoms with Crippen molar-refractivity contribution in [2.45, 2.75) is 19.3 Å². The molecule has 1 fully saturated rings. The highest BCUT2D eigenvalue weighted by Crippen LogP contribution is 2.27. The van der Waals surface area contributed by atoms with Crippen LogP contribution in [0.25, 0.3) is 11.0 Å². The third-order valence-corrected chi connectivity index (χ3v) is 4.62. The number of imidazole rings is 1. The molecule has 0 bridgehead atoms.